The zero-order valence-corrected chi connectivity index (χ0v) is 45.1. The third kappa shape index (κ3) is 53.5. The van der Waals surface area contributed by atoms with Crippen LogP contribution in [0, 0.1) is 0 Å². The van der Waals surface area contributed by atoms with Crippen LogP contribution in [0.3, 0.4) is 0 Å². The highest BCUT2D eigenvalue weighted by atomic mass is 16.5. The number of allylic oxidation sites excluding steroid dienone is 3. The molecule has 67 heavy (non-hydrogen) atoms. The van der Waals surface area contributed by atoms with Crippen molar-refractivity contribution >= 4 is 11.9 Å². The molecule has 0 radical (unpaired) electrons. The van der Waals surface area contributed by atoms with E-state index >= 15 is 0 Å². The summed E-state index contributed by atoms with van der Waals surface area (Å²) in [5.41, 5.74) is 0. The van der Waals surface area contributed by atoms with Crippen LogP contribution < -0.4 is 5.32 Å². The van der Waals surface area contributed by atoms with Crippen LogP contribution >= 0.6 is 0 Å². The van der Waals surface area contributed by atoms with Crippen molar-refractivity contribution in [2.45, 2.75) is 341 Å². The summed E-state index contributed by atoms with van der Waals surface area (Å²) in [6, 6.07) is -0.630. The average Bonchev–Trinajstić information content (AvgIpc) is 3.33. The van der Waals surface area contributed by atoms with Crippen LogP contribution in [0.5, 0.6) is 0 Å². The first-order valence-corrected chi connectivity index (χ1v) is 30.1. The largest absolute Gasteiger partial charge is 0.466 e. The van der Waals surface area contributed by atoms with E-state index in [0.29, 0.717) is 19.4 Å². The number of unbranched alkanes of at least 4 members (excludes halogenated alkanes) is 43. The lowest BCUT2D eigenvalue weighted by Crippen LogP contribution is -2.45. The van der Waals surface area contributed by atoms with Crippen molar-refractivity contribution in [3.05, 3.63) is 24.3 Å². The van der Waals surface area contributed by atoms with E-state index in [1.807, 2.05) is 6.08 Å². The van der Waals surface area contributed by atoms with Crippen molar-refractivity contribution in [3.63, 3.8) is 0 Å². The molecule has 2 atom stereocenters. The number of aliphatic hydroxyl groups is 2. The minimum atomic E-state index is -0.846. The number of aliphatic hydroxyl groups excluding tert-OH is 2. The van der Waals surface area contributed by atoms with Gasteiger partial charge in [-0.2, -0.15) is 0 Å². The van der Waals surface area contributed by atoms with Crippen LogP contribution in [0.4, 0.5) is 0 Å². The van der Waals surface area contributed by atoms with Gasteiger partial charge in [-0.25, -0.2) is 0 Å². The van der Waals surface area contributed by atoms with Gasteiger partial charge in [0.1, 0.15) is 0 Å². The van der Waals surface area contributed by atoms with E-state index < -0.39 is 12.1 Å². The number of amides is 1. The molecule has 0 aromatic rings. The molecular weight excluding hydrogens is 827 g/mol. The van der Waals surface area contributed by atoms with Crippen LogP contribution in [0.1, 0.15) is 328 Å². The average molecular weight is 945 g/mol. The Hall–Kier alpha value is -1.66. The second-order valence-electron chi connectivity index (χ2n) is 20.7. The second kappa shape index (κ2) is 56.9. The fourth-order valence-electron chi connectivity index (χ4n) is 9.34. The lowest BCUT2D eigenvalue weighted by atomic mass is 10.0. The molecule has 0 aliphatic carbocycles. The smallest absolute Gasteiger partial charge is 0.305 e. The molecule has 0 rings (SSSR count). The predicted molar refractivity (Wildman–Crippen MR) is 292 cm³/mol. The Morgan fingerprint density at radius 3 is 1.06 bits per heavy atom. The van der Waals surface area contributed by atoms with E-state index in [0.717, 1.165) is 44.9 Å². The van der Waals surface area contributed by atoms with E-state index in [4.69, 9.17) is 4.74 Å². The SMILES string of the molecule is CCCCCCCCCC/C=C/C(O)C(CO)NC(=O)CCCCCCCCC/C=C\CCCCCCCCCCCCCCOC(=O)CCCCCCCCCCCCCCCCCCC. The number of hydrogen-bond donors (Lipinski definition) is 3. The summed E-state index contributed by atoms with van der Waals surface area (Å²) in [5.74, 6) is -0.0606. The maximum absolute atomic E-state index is 12.4. The zero-order valence-electron chi connectivity index (χ0n) is 45.1. The maximum Gasteiger partial charge on any atom is 0.305 e. The fraction of sp³-hybridized carbons (Fsp3) is 0.902. The Kier molecular flexibility index (Phi) is 55.5. The van der Waals surface area contributed by atoms with Gasteiger partial charge >= 0.3 is 5.97 Å². The maximum atomic E-state index is 12.4. The molecule has 0 fully saturated rings. The van der Waals surface area contributed by atoms with Gasteiger partial charge in [-0.1, -0.05) is 282 Å². The minimum Gasteiger partial charge on any atom is -0.466 e. The Balaban J connectivity index is 3.38. The molecule has 1 amide bonds. The molecule has 2 unspecified atom stereocenters. The van der Waals surface area contributed by atoms with Gasteiger partial charge in [0.25, 0.3) is 0 Å². The number of ether oxygens (including phenoxy) is 1. The van der Waals surface area contributed by atoms with E-state index in [2.05, 4.69) is 31.3 Å². The van der Waals surface area contributed by atoms with Crippen LogP contribution in [0.25, 0.3) is 0 Å². The number of esters is 1. The molecule has 0 spiro atoms. The van der Waals surface area contributed by atoms with E-state index in [1.54, 1.807) is 6.08 Å². The zero-order chi connectivity index (χ0) is 48.6. The van der Waals surface area contributed by atoms with E-state index in [-0.39, 0.29) is 18.5 Å². The molecule has 0 aromatic heterocycles. The number of carbonyl (C=O) groups excluding carboxylic acids is 2. The molecule has 0 aliphatic heterocycles. The van der Waals surface area contributed by atoms with Crippen molar-refractivity contribution in [3.8, 4) is 0 Å². The second-order valence-corrected chi connectivity index (χ2v) is 20.7. The Labute approximate surface area is 418 Å². The van der Waals surface area contributed by atoms with Crippen LogP contribution in [0.2, 0.25) is 0 Å². The molecule has 0 heterocycles. The van der Waals surface area contributed by atoms with Gasteiger partial charge in [0.05, 0.1) is 25.4 Å². The predicted octanol–water partition coefficient (Wildman–Crippen LogP) is 18.6. The minimum absolute atomic E-state index is 0.0149. The molecule has 396 valence electrons. The Bertz CT molecular complexity index is 1040. The summed E-state index contributed by atoms with van der Waals surface area (Å²) in [7, 11) is 0. The summed E-state index contributed by atoms with van der Waals surface area (Å²) in [6.45, 7) is 4.90. The number of hydrogen-bond acceptors (Lipinski definition) is 5. The summed E-state index contributed by atoms with van der Waals surface area (Å²) >= 11 is 0. The Morgan fingerprint density at radius 1 is 0.403 bits per heavy atom. The van der Waals surface area contributed by atoms with Crippen molar-refractivity contribution in [1.29, 1.82) is 0 Å². The van der Waals surface area contributed by atoms with Crippen molar-refractivity contribution in [1.82, 2.24) is 5.32 Å². The van der Waals surface area contributed by atoms with Gasteiger partial charge in [-0.3, -0.25) is 9.59 Å². The molecule has 0 aliphatic rings. The van der Waals surface area contributed by atoms with Gasteiger partial charge < -0.3 is 20.3 Å². The molecular formula is C61H117NO5. The first kappa shape index (κ1) is 65.3. The van der Waals surface area contributed by atoms with E-state index in [9.17, 15) is 19.8 Å². The monoisotopic (exact) mass is 944 g/mol. The molecule has 0 bridgehead atoms. The lowest BCUT2D eigenvalue weighted by molar-refractivity contribution is -0.143. The van der Waals surface area contributed by atoms with E-state index in [1.165, 1.54) is 257 Å². The molecule has 3 N–H and O–H groups in total. The number of rotatable bonds is 56. The molecule has 6 nitrogen and oxygen atoms in total. The topological polar surface area (TPSA) is 95.9 Å². The molecule has 6 heteroatoms. The first-order chi connectivity index (χ1) is 33.0. The lowest BCUT2D eigenvalue weighted by Gasteiger charge is -2.20. The van der Waals surface area contributed by atoms with Crippen LogP contribution in [0.15, 0.2) is 24.3 Å². The molecule has 0 saturated heterocycles. The summed E-state index contributed by atoms with van der Waals surface area (Å²) in [6.07, 6.45) is 69.4. The van der Waals surface area contributed by atoms with Crippen molar-refractivity contribution in [2.75, 3.05) is 13.2 Å². The number of carbonyl (C=O) groups is 2. The third-order valence-electron chi connectivity index (χ3n) is 14.0. The van der Waals surface area contributed by atoms with Gasteiger partial charge in [0, 0.05) is 12.8 Å². The first-order valence-electron chi connectivity index (χ1n) is 30.1. The molecule has 0 saturated carbocycles. The van der Waals surface area contributed by atoms with Crippen LogP contribution in [-0.2, 0) is 14.3 Å². The quantitative estimate of drug-likeness (QED) is 0.0321. The van der Waals surface area contributed by atoms with Crippen molar-refractivity contribution < 1.29 is 24.5 Å². The standard InChI is InChI=1S/C61H117NO5/c1-3-5-7-9-11-13-15-16-17-25-29-32-35-39-43-47-51-55-61(66)67-56-52-48-44-40-36-33-30-27-24-22-20-18-19-21-23-26-28-31-34-38-42-46-50-54-60(65)62-58(57-63)59(64)53-49-45-41-37-14-12-10-8-6-4-2/h21,23,49,53,58-59,63-64H,3-20,22,24-48,50-52,54-57H2,1-2H3,(H,62,65)/b23-21-,53-49+. The van der Waals surface area contributed by atoms with Gasteiger partial charge in [0.2, 0.25) is 5.91 Å². The normalized spacial score (nSPS) is 12.7. The highest BCUT2D eigenvalue weighted by molar-refractivity contribution is 5.76. The summed E-state index contributed by atoms with van der Waals surface area (Å²) in [5, 5.41) is 23.0. The van der Waals surface area contributed by atoms with Gasteiger partial charge in [-0.15, -0.1) is 0 Å². The Morgan fingerprint density at radius 2 is 0.701 bits per heavy atom. The summed E-state index contributed by atoms with van der Waals surface area (Å²) in [4.78, 5) is 24.5. The third-order valence-corrected chi connectivity index (χ3v) is 14.0. The fourth-order valence-corrected chi connectivity index (χ4v) is 9.34. The van der Waals surface area contributed by atoms with Crippen molar-refractivity contribution in [2.24, 2.45) is 0 Å². The number of nitrogens with one attached hydrogen (secondary N) is 1. The highest BCUT2D eigenvalue weighted by Crippen LogP contribution is 2.17. The highest BCUT2D eigenvalue weighted by Gasteiger charge is 2.18. The van der Waals surface area contributed by atoms with Gasteiger partial charge in [0.15, 0.2) is 0 Å². The van der Waals surface area contributed by atoms with Crippen LogP contribution in [-0.4, -0.2) is 47.4 Å². The molecule has 0 aromatic carbocycles. The summed E-state index contributed by atoms with van der Waals surface area (Å²) < 4.78 is 5.49. The van der Waals surface area contributed by atoms with Gasteiger partial charge in [-0.05, 0) is 57.8 Å².